The van der Waals surface area contributed by atoms with Gasteiger partial charge in [0, 0.05) is 32.2 Å². The van der Waals surface area contributed by atoms with Crippen molar-refractivity contribution in [3.8, 4) is 5.75 Å². The van der Waals surface area contributed by atoms with Gasteiger partial charge in [0.05, 0.1) is 5.56 Å². The van der Waals surface area contributed by atoms with Crippen LogP contribution in [0.15, 0.2) is 30.3 Å². The summed E-state index contributed by atoms with van der Waals surface area (Å²) < 4.78 is 41.4. The van der Waals surface area contributed by atoms with Crippen molar-refractivity contribution in [1.82, 2.24) is 15.3 Å². The average molecular weight is 423 g/mol. The zero-order valence-corrected chi connectivity index (χ0v) is 16.6. The predicted molar refractivity (Wildman–Crippen MR) is 107 cm³/mol. The first-order chi connectivity index (χ1) is 14.3. The fourth-order valence-corrected chi connectivity index (χ4v) is 3.26. The van der Waals surface area contributed by atoms with Crippen LogP contribution in [0, 0.1) is 6.92 Å². The van der Waals surface area contributed by atoms with Gasteiger partial charge in [-0.2, -0.15) is 0 Å². The maximum atomic E-state index is 12.5. The minimum Gasteiger partial charge on any atom is -0.405 e. The number of hydrogen-bond donors (Lipinski definition) is 2. The van der Waals surface area contributed by atoms with Crippen LogP contribution in [0.3, 0.4) is 0 Å². The Balaban J connectivity index is 1.54. The topological polar surface area (TPSA) is 79.4 Å². The van der Waals surface area contributed by atoms with Crippen LogP contribution in [0.5, 0.6) is 5.75 Å². The molecule has 1 aliphatic rings. The van der Waals surface area contributed by atoms with Crippen molar-refractivity contribution in [3.63, 3.8) is 0 Å². The monoisotopic (exact) mass is 423 g/mol. The largest absolute Gasteiger partial charge is 0.573 e. The number of anilines is 2. The van der Waals surface area contributed by atoms with E-state index in [1.54, 1.807) is 0 Å². The molecule has 0 spiro atoms. The SMILES string of the molecule is Cc1nc(NCCNC(=O)c2ccccc2OC(F)(F)F)cc(N2CCCCC2)n1. The van der Waals surface area contributed by atoms with E-state index < -0.39 is 18.0 Å². The van der Waals surface area contributed by atoms with Crippen molar-refractivity contribution in [3.05, 3.63) is 41.7 Å². The highest BCUT2D eigenvalue weighted by molar-refractivity contribution is 5.96. The van der Waals surface area contributed by atoms with Gasteiger partial charge in [-0.1, -0.05) is 12.1 Å². The van der Waals surface area contributed by atoms with Crippen molar-refractivity contribution >= 4 is 17.5 Å². The van der Waals surface area contributed by atoms with Crippen LogP contribution in [0.2, 0.25) is 0 Å². The zero-order valence-electron chi connectivity index (χ0n) is 16.6. The lowest BCUT2D eigenvalue weighted by Gasteiger charge is -2.28. The second-order valence-electron chi connectivity index (χ2n) is 6.93. The zero-order chi connectivity index (χ0) is 21.6. The summed E-state index contributed by atoms with van der Waals surface area (Å²) in [7, 11) is 0. The molecule has 30 heavy (non-hydrogen) atoms. The van der Waals surface area contributed by atoms with Crippen LogP contribution in [-0.4, -0.2) is 48.4 Å². The Bertz CT molecular complexity index is 870. The quantitative estimate of drug-likeness (QED) is 0.664. The molecule has 0 unspecified atom stereocenters. The summed E-state index contributed by atoms with van der Waals surface area (Å²) in [6.45, 7) is 4.29. The summed E-state index contributed by atoms with van der Waals surface area (Å²) in [5, 5.41) is 5.71. The summed E-state index contributed by atoms with van der Waals surface area (Å²) >= 11 is 0. The number of benzene rings is 1. The molecule has 7 nitrogen and oxygen atoms in total. The van der Waals surface area contributed by atoms with Crippen molar-refractivity contribution in [2.24, 2.45) is 0 Å². The Labute approximate surface area is 172 Å². The van der Waals surface area contributed by atoms with Gasteiger partial charge >= 0.3 is 6.36 Å². The van der Waals surface area contributed by atoms with Crippen molar-refractivity contribution < 1.29 is 22.7 Å². The van der Waals surface area contributed by atoms with Gasteiger partial charge in [0.2, 0.25) is 0 Å². The van der Waals surface area contributed by atoms with Crippen LogP contribution in [-0.2, 0) is 0 Å². The van der Waals surface area contributed by atoms with Gasteiger partial charge in [-0.15, -0.1) is 13.2 Å². The van der Waals surface area contributed by atoms with E-state index >= 15 is 0 Å². The number of nitrogens with one attached hydrogen (secondary N) is 2. The molecular weight excluding hydrogens is 399 g/mol. The number of amides is 1. The number of alkyl halides is 3. The molecule has 0 radical (unpaired) electrons. The Morgan fingerprint density at radius 2 is 1.87 bits per heavy atom. The molecule has 3 rings (SSSR count). The lowest BCUT2D eigenvalue weighted by molar-refractivity contribution is -0.274. The van der Waals surface area contributed by atoms with Gasteiger partial charge in [0.1, 0.15) is 23.2 Å². The van der Waals surface area contributed by atoms with E-state index in [1.807, 2.05) is 13.0 Å². The van der Waals surface area contributed by atoms with E-state index in [2.05, 4.69) is 30.2 Å². The smallest absolute Gasteiger partial charge is 0.405 e. The molecule has 1 aromatic heterocycles. The van der Waals surface area contributed by atoms with Crippen LogP contribution < -0.4 is 20.3 Å². The third-order valence-electron chi connectivity index (χ3n) is 4.58. The summed E-state index contributed by atoms with van der Waals surface area (Å²) in [5.74, 6) is 0.963. The van der Waals surface area contributed by atoms with Gasteiger partial charge in [0.15, 0.2) is 0 Å². The molecule has 0 aliphatic carbocycles. The van der Waals surface area contributed by atoms with Gasteiger partial charge < -0.3 is 20.3 Å². The maximum Gasteiger partial charge on any atom is 0.573 e. The maximum absolute atomic E-state index is 12.5. The van der Waals surface area contributed by atoms with Crippen molar-refractivity contribution in [2.45, 2.75) is 32.5 Å². The average Bonchev–Trinajstić information content (AvgIpc) is 2.70. The molecule has 2 aromatic rings. The van der Waals surface area contributed by atoms with E-state index in [9.17, 15) is 18.0 Å². The number of ether oxygens (including phenoxy) is 1. The fourth-order valence-electron chi connectivity index (χ4n) is 3.26. The molecule has 0 saturated carbocycles. The molecule has 1 amide bonds. The number of hydrogen-bond acceptors (Lipinski definition) is 6. The third-order valence-corrected chi connectivity index (χ3v) is 4.58. The number of piperidine rings is 1. The van der Waals surface area contributed by atoms with Crippen LogP contribution in [0.4, 0.5) is 24.8 Å². The molecular formula is C20H24F3N5O2. The molecule has 1 fully saturated rings. The lowest BCUT2D eigenvalue weighted by atomic mass is 10.1. The van der Waals surface area contributed by atoms with E-state index in [1.165, 1.54) is 24.6 Å². The highest BCUT2D eigenvalue weighted by atomic mass is 19.4. The molecule has 1 saturated heterocycles. The Morgan fingerprint density at radius 1 is 1.13 bits per heavy atom. The molecule has 2 heterocycles. The van der Waals surface area contributed by atoms with Crippen molar-refractivity contribution in [2.75, 3.05) is 36.4 Å². The predicted octanol–water partition coefficient (Wildman–Crippen LogP) is 3.52. The molecule has 1 aliphatic heterocycles. The highest BCUT2D eigenvalue weighted by Gasteiger charge is 2.32. The number of aromatic nitrogens is 2. The molecule has 162 valence electrons. The minimum atomic E-state index is -4.87. The van der Waals surface area contributed by atoms with E-state index in [0.29, 0.717) is 18.2 Å². The molecule has 2 N–H and O–H groups in total. The molecule has 0 bridgehead atoms. The first-order valence-corrected chi connectivity index (χ1v) is 9.79. The van der Waals surface area contributed by atoms with Crippen LogP contribution >= 0.6 is 0 Å². The second kappa shape index (κ2) is 9.64. The van der Waals surface area contributed by atoms with E-state index in [-0.39, 0.29) is 12.1 Å². The summed E-state index contributed by atoms with van der Waals surface area (Å²) in [4.78, 5) is 23.3. The number of halogens is 3. The number of carbonyl (C=O) groups is 1. The van der Waals surface area contributed by atoms with E-state index in [0.717, 1.165) is 37.8 Å². The molecule has 10 heteroatoms. The number of nitrogens with zero attached hydrogens (tertiary/aromatic N) is 3. The van der Waals surface area contributed by atoms with Gasteiger partial charge in [-0.25, -0.2) is 9.97 Å². The number of carbonyl (C=O) groups excluding carboxylic acids is 1. The van der Waals surface area contributed by atoms with E-state index in [4.69, 9.17) is 0 Å². The minimum absolute atomic E-state index is 0.180. The second-order valence-corrected chi connectivity index (χ2v) is 6.93. The Morgan fingerprint density at radius 3 is 2.60 bits per heavy atom. The number of para-hydroxylation sites is 1. The Kier molecular flexibility index (Phi) is 6.96. The summed E-state index contributed by atoms with van der Waals surface area (Å²) in [6, 6.07) is 7.10. The van der Waals surface area contributed by atoms with Crippen LogP contribution in [0.1, 0.15) is 35.4 Å². The van der Waals surface area contributed by atoms with Crippen molar-refractivity contribution in [1.29, 1.82) is 0 Å². The Hall–Kier alpha value is -3.04. The van der Waals surface area contributed by atoms with Gasteiger partial charge in [0.25, 0.3) is 5.91 Å². The summed E-state index contributed by atoms with van der Waals surface area (Å²) in [5.41, 5.74) is -0.180. The standard InChI is InChI=1S/C20H24F3N5O2/c1-14-26-17(13-18(27-14)28-11-5-2-6-12-28)24-9-10-25-19(29)15-7-3-4-8-16(15)30-20(21,22)23/h3-4,7-8,13H,2,5-6,9-12H2,1H3,(H,25,29)(H,24,26,27). The first-order valence-electron chi connectivity index (χ1n) is 9.79. The molecule has 0 atom stereocenters. The fraction of sp³-hybridized carbons (Fsp3) is 0.450. The third kappa shape index (κ3) is 6.23. The summed E-state index contributed by atoms with van der Waals surface area (Å²) in [6.07, 6.45) is -1.37. The number of rotatable bonds is 7. The molecule has 1 aromatic carbocycles. The highest BCUT2D eigenvalue weighted by Crippen LogP contribution is 2.26. The van der Waals surface area contributed by atoms with Crippen LogP contribution in [0.25, 0.3) is 0 Å². The lowest BCUT2D eigenvalue weighted by Crippen LogP contribution is -2.31. The normalized spacial score (nSPS) is 14.3. The first kappa shape index (κ1) is 21.7. The van der Waals surface area contributed by atoms with Gasteiger partial charge in [-0.3, -0.25) is 4.79 Å². The number of aryl methyl sites for hydroxylation is 1. The van der Waals surface area contributed by atoms with Gasteiger partial charge in [-0.05, 0) is 38.3 Å².